The molecular weight excluding hydrogens is 186 g/mol. The van der Waals surface area contributed by atoms with Crippen molar-refractivity contribution in [1.82, 2.24) is 4.98 Å². The van der Waals surface area contributed by atoms with Crippen LogP contribution < -0.4 is 0 Å². The number of carbonyl (C=O) groups is 1. The van der Waals surface area contributed by atoms with Crippen LogP contribution >= 0.6 is 11.6 Å². The molecule has 13 heavy (non-hydrogen) atoms. The zero-order valence-electron chi connectivity index (χ0n) is 7.54. The standard InChI is InChI=1S/C10H10ClNO/c1-7-5-9(4-3-8(2)13)6-10(11)12-7/h3-6H,1-2H3/b4-3+. The second kappa shape index (κ2) is 4.19. The van der Waals surface area contributed by atoms with Crippen LogP contribution in [0, 0.1) is 6.92 Å². The van der Waals surface area contributed by atoms with Gasteiger partial charge in [0.2, 0.25) is 0 Å². The van der Waals surface area contributed by atoms with E-state index in [2.05, 4.69) is 4.98 Å². The Morgan fingerprint density at radius 3 is 2.77 bits per heavy atom. The molecule has 0 spiro atoms. The van der Waals surface area contributed by atoms with Crippen molar-refractivity contribution in [1.29, 1.82) is 0 Å². The van der Waals surface area contributed by atoms with Crippen LogP contribution in [0.15, 0.2) is 18.2 Å². The Bertz CT molecular complexity index is 338. The Kier molecular flexibility index (Phi) is 3.20. The van der Waals surface area contributed by atoms with Crippen LogP contribution in [0.5, 0.6) is 0 Å². The predicted octanol–water partition coefficient (Wildman–Crippen LogP) is 2.65. The number of carbonyl (C=O) groups excluding carboxylic acids is 1. The SMILES string of the molecule is CC(=O)/C=C/c1cc(C)nc(Cl)c1. The fraction of sp³-hybridized carbons (Fsp3) is 0.200. The van der Waals surface area contributed by atoms with Gasteiger partial charge in [0, 0.05) is 5.69 Å². The van der Waals surface area contributed by atoms with Crippen molar-refractivity contribution >= 4 is 23.5 Å². The first kappa shape index (κ1) is 9.93. The maximum atomic E-state index is 10.7. The van der Waals surface area contributed by atoms with Crippen molar-refractivity contribution in [3.63, 3.8) is 0 Å². The van der Waals surface area contributed by atoms with Crippen LogP contribution in [0.25, 0.3) is 6.08 Å². The summed E-state index contributed by atoms with van der Waals surface area (Å²) in [6, 6.07) is 3.58. The van der Waals surface area contributed by atoms with Crippen LogP contribution in [0.2, 0.25) is 5.15 Å². The van der Waals surface area contributed by atoms with Gasteiger partial charge in [-0.3, -0.25) is 4.79 Å². The van der Waals surface area contributed by atoms with Crippen LogP contribution in [0.3, 0.4) is 0 Å². The number of nitrogens with zero attached hydrogens (tertiary/aromatic N) is 1. The van der Waals surface area contributed by atoms with Crippen molar-refractivity contribution in [2.24, 2.45) is 0 Å². The second-order valence-corrected chi connectivity index (χ2v) is 3.20. The number of aromatic nitrogens is 1. The summed E-state index contributed by atoms with van der Waals surface area (Å²) in [7, 11) is 0. The molecule has 0 saturated carbocycles. The lowest BCUT2D eigenvalue weighted by Crippen LogP contribution is -1.85. The molecule has 0 aliphatic heterocycles. The third kappa shape index (κ3) is 3.38. The van der Waals surface area contributed by atoms with Crippen LogP contribution in [-0.4, -0.2) is 10.8 Å². The molecule has 0 saturated heterocycles. The van der Waals surface area contributed by atoms with Crippen molar-refractivity contribution < 1.29 is 4.79 Å². The van der Waals surface area contributed by atoms with E-state index in [-0.39, 0.29) is 5.78 Å². The Labute approximate surface area is 82.3 Å². The molecule has 0 atom stereocenters. The number of hydrogen-bond donors (Lipinski definition) is 0. The molecule has 1 rings (SSSR count). The number of halogens is 1. The van der Waals surface area contributed by atoms with E-state index in [1.165, 1.54) is 13.0 Å². The third-order valence-corrected chi connectivity index (χ3v) is 1.65. The maximum absolute atomic E-state index is 10.7. The van der Waals surface area contributed by atoms with E-state index in [0.717, 1.165) is 11.3 Å². The average molecular weight is 196 g/mol. The zero-order chi connectivity index (χ0) is 9.84. The summed E-state index contributed by atoms with van der Waals surface area (Å²) >= 11 is 5.74. The molecule has 0 radical (unpaired) electrons. The van der Waals surface area contributed by atoms with Gasteiger partial charge >= 0.3 is 0 Å². The van der Waals surface area contributed by atoms with Gasteiger partial charge in [0.15, 0.2) is 5.78 Å². The van der Waals surface area contributed by atoms with Crippen molar-refractivity contribution in [3.8, 4) is 0 Å². The lowest BCUT2D eigenvalue weighted by molar-refractivity contribution is -0.112. The van der Waals surface area contributed by atoms with Crippen molar-refractivity contribution in [2.45, 2.75) is 13.8 Å². The summed E-state index contributed by atoms with van der Waals surface area (Å²) in [5, 5.41) is 0.447. The molecule has 2 nitrogen and oxygen atoms in total. The monoisotopic (exact) mass is 195 g/mol. The topological polar surface area (TPSA) is 30.0 Å². The predicted molar refractivity (Wildman–Crippen MR) is 53.7 cm³/mol. The molecule has 0 bridgehead atoms. The highest BCUT2D eigenvalue weighted by molar-refractivity contribution is 6.29. The molecule has 0 aliphatic carbocycles. The highest BCUT2D eigenvalue weighted by atomic mass is 35.5. The Hall–Kier alpha value is -1.15. The first-order valence-electron chi connectivity index (χ1n) is 3.91. The van der Waals surface area contributed by atoms with E-state index in [4.69, 9.17) is 11.6 Å². The number of rotatable bonds is 2. The van der Waals surface area contributed by atoms with E-state index in [0.29, 0.717) is 5.15 Å². The van der Waals surface area contributed by atoms with E-state index >= 15 is 0 Å². The fourth-order valence-electron chi connectivity index (χ4n) is 0.963. The minimum absolute atomic E-state index is 0.0191. The first-order chi connectivity index (χ1) is 6.08. The van der Waals surface area contributed by atoms with Crippen LogP contribution in [-0.2, 0) is 4.79 Å². The molecule has 1 aromatic rings. The summed E-state index contributed by atoms with van der Waals surface area (Å²) in [6.07, 6.45) is 3.23. The molecule has 0 amide bonds. The highest BCUT2D eigenvalue weighted by Crippen LogP contribution is 2.11. The zero-order valence-corrected chi connectivity index (χ0v) is 8.30. The summed E-state index contributed by atoms with van der Waals surface area (Å²) < 4.78 is 0. The van der Waals surface area contributed by atoms with E-state index in [1.54, 1.807) is 12.1 Å². The number of aryl methyl sites for hydroxylation is 1. The quantitative estimate of drug-likeness (QED) is 0.537. The van der Waals surface area contributed by atoms with Gasteiger partial charge in [0.05, 0.1) is 0 Å². The maximum Gasteiger partial charge on any atom is 0.152 e. The summed E-state index contributed by atoms with van der Waals surface area (Å²) in [6.45, 7) is 3.36. The molecule has 68 valence electrons. The summed E-state index contributed by atoms with van der Waals surface area (Å²) in [4.78, 5) is 14.7. The Morgan fingerprint density at radius 2 is 2.23 bits per heavy atom. The van der Waals surface area contributed by atoms with Gasteiger partial charge in [-0.25, -0.2) is 4.98 Å². The smallest absolute Gasteiger partial charge is 0.152 e. The largest absolute Gasteiger partial charge is 0.295 e. The molecule has 1 heterocycles. The minimum Gasteiger partial charge on any atom is -0.295 e. The Balaban J connectivity index is 2.95. The average Bonchev–Trinajstić information content (AvgIpc) is 1.99. The number of ketones is 1. The molecule has 0 unspecified atom stereocenters. The van der Waals surface area contributed by atoms with E-state index < -0.39 is 0 Å². The Morgan fingerprint density at radius 1 is 1.54 bits per heavy atom. The van der Waals surface area contributed by atoms with Gasteiger partial charge in [-0.05, 0) is 37.6 Å². The molecule has 1 aromatic heterocycles. The summed E-state index contributed by atoms with van der Waals surface area (Å²) in [5.74, 6) is 0.0191. The molecule has 3 heteroatoms. The number of pyridine rings is 1. The van der Waals surface area contributed by atoms with Gasteiger partial charge in [-0.1, -0.05) is 17.7 Å². The lowest BCUT2D eigenvalue weighted by Gasteiger charge is -1.96. The molecule has 0 aromatic carbocycles. The molecule has 0 fully saturated rings. The lowest BCUT2D eigenvalue weighted by atomic mass is 10.2. The second-order valence-electron chi connectivity index (χ2n) is 2.81. The summed E-state index contributed by atoms with van der Waals surface area (Å²) in [5.41, 5.74) is 1.74. The van der Waals surface area contributed by atoms with Crippen LogP contribution in [0.1, 0.15) is 18.2 Å². The number of allylic oxidation sites excluding steroid dienone is 1. The highest BCUT2D eigenvalue weighted by Gasteiger charge is 1.94. The van der Waals surface area contributed by atoms with Gasteiger partial charge in [-0.2, -0.15) is 0 Å². The third-order valence-electron chi connectivity index (χ3n) is 1.45. The van der Waals surface area contributed by atoms with Crippen molar-refractivity contribution in [3.05, 3.63) is 34.6 Å². The van der Waals surface area contributed by atoms with E-state index in [9.17, 15) is 4.79 Å². The van der Waals surface area contributed by atoms with E-state index in [1.807, 2.05) is 13.0 Å². The first-order valence-corrected chi connectivity index (χ1v) is 4.28. The van der Waals surface area contributed by atoms with Gasteiger partial charge in [-0.15, -0.1) is 0 Å². The van der Waals surface area contributed by atoms with Gasteiger partial charge < -0.3 is 0 Å². The van der Waals surface area contributed by atoms with Crippen molar-refractivity contribution in [2.75, 3.05) is 0 Å². The molecular formula is C10H10ClNO. The normalized spacial score (nSPS) is 10.7. The fourth-order valence-corrected chi connectivity index (χ4v) is 1.22. The minimum atomic E-state index is 0.0191. The number of hydrogen-bond acceptors (Lipinski definition) is 2. The van der Waals surface area contributed by atoms with Gasteiger partial charge in [0.25, 0.3) is 0 Å². The molecule has 0 aliphatic rings. The van der Waals surface area contributed by atoms with Crippen LogP contribution in [0.4, 0.5) is 0 Å². The van der Waals surface area contributed by atoms with Gasteiger partial charge in [0.1, 0.15) is 5.15 Å². The molecule has 0 N–H and O–H groups in total.